The molecular weight excluding hydrogens is 243 g/mol. The van der Waals surface area contributed by atoms with E-state index in [1.165, 1.54) is 12.1 Å². The molecule has 4 heteroatoms. The quantitative estimate of drug-likeness (QED) is 0.899. The number of rotatable bonds is 5. The molecule has 0 saturated heterocycles. The van der Waals surface area contributed by atoms with Crippen LogP contribution < -0.4 is 10.5 Å². The van der Waals surface area contributed by atoms with E-state index in [4.69, 9.17) is 10.5 Å². The van der Waals surface area contributed by atoms with Crippen LogP contribution in [0.3, 0.4) is 0 Å². The van der Waals surface area contributed by atoms with Gasteiger partial charge in [-0.25, -0.2) is 4.39 Å². The lowest BCUT2D eigenvalue weighted by molar-refractivity contribution is 0.338. The minimum Gasteiger partial charge on any atom is -0.492 e. The maximum Gasteiger partial charge on any atom is 0.137 e. The molecule has 1 unspecified atom stereocenters. The van der Waals surface area contributed by atoms with E-state index >= 15 is 0 Å². The third kappa shape index (κ3) is 3.76. The first-order chi connectivity index (χ1) is 9.19. The van der Waals surface area contributed by atoms with Crippen molar-refractivity contribution in [3.63, 3.8) is 0 Å². The summed E-state index contributed by atoms with van der Waals surface area (Å²) in [4.78, 5) is 4.10. The van der Waals surface area contributed by atoms with Gasteiger partial charge < -0.3 is 10.5 Å². The first-order valence-electron chi connectivity index (χ1n) is 6.27. The Labute approximate surface area is 112 Å². The second kappa shape index (κ2) is 6.29. The maximum absolute atomic E-state index is 13.1. The van der Waals surface area contributed by atoms with Crippen LogP contribution in [0.2, 0.25) is 0 Å². The van der Waals surface area contributed by atoms with Crippen molar-refractivity contribution in [3.05, 3.63) is 59.7 Å². The van der Waals surface area contributed by atoms with Gasteiger partial charge >= 0.3 is 0 Å². The zero-order valence-corrected chi connectivity index (χ0v) is 10.8. The highest BCUT2D eigenvalue weighted by Crippen LogP contribution is 2.20. The van der Waals surface area contributed by atoms with Gasteiger partial charge in [-0.15, -0.1) is 0 Å². The molecule has 2 N–H and O–H groups in total. The summed E-state index contributed by atoms with van der Waals surface area (Å²) in [5.74, 6) is 0.459. The Morgan fingerprint density at radius 1 is 1.32 bits per heavy atom. The Morgan fingerprint density at radius 3 is 2.89 bits per heavy atom. The van der Waals surface area contributed by atoms with Gasteiger partial charge in [0, 0.05) is 12.2 Å². The van der Waals surface area contributed by atoms with Gasteiger partial charge in [-0.1, -0.05) is 12.1 Å². The smallest absolute Gasteiger partial charge is 0.137 e. The average molecular weight is 260 g/mol. The third-order valence-electron chi connectivity index (χ3n) is 2.82. The minimum absolute atomic E-state index is 0.227. The average Bonchev–Trinajstić information content (AvgIpc) is 2.39. The predicted octanol–water partition coefficient (Wildman–Crippen LogP) is 2.86. The molecule has 100 valence electrons. The van der Waals surface area contributed by atoms with E-state index in [0.29, 0.717) is 18.8 Å². The van der Waals surface area contributed by atoms with Crippen LogP contribution in [-0.4, -0.2) is 11.6 Å². The molecule has 0 saturated carbocycles. The van der Waals surface area contributed by atoms with Crippen LogP contribution in [0, 0.1) is 5.82 Å². The Balaban J connectivity index is 2.11. The molecule has 1 atom stereocenters. The fraction of sp³-hybridized carbons (Fsp3) is 0.267. The van der Waals surface area contributed by atoms with Crippen LogP contribution in [0.5, 0.6) is 5.75 Å². The first kappa shape index (κ1) is 13.5. The van der Waals surface area contributed by atoms with Gasteiger partial charge in [0.1, 0.15) is 11.6 Å². The second-order valence-electron chi connectivity index (χ2n) is 4.33. The van der Waals surface area contributed by atoms with Crippen molar-refractivity contribution in [2.24, 2.45) is 5.73 Å². The lowest BCUT2D eigenvalue weighted by Gasteiger charge is -2.13. The number of ether oxygens (including phenoxy) is 1. The van der Waals surface area contributed by atoms with Crippen LogP contribution in [0.1, 0.15) is 24.1 Å². The fourth-order valence-electron chi connectivity index (χ4n) is 1.92. The molecule has 0 radical (unpaired) electrons. The van der Waals surface area contributed by atoms with E-state index in [2.05, 4.69) is 4.98 Å². The van der Waals surface area contributed by atoms with Gasteiger partial charge in [0.25, 0.3) is 0 Å². The minimum atomic E-state index is -0.245. The monoisotopic (exact) mass is 260 g/mol. The number of aromatic nitrogens is 1. The molecule has 2 rings (SSSR count). The Kier molecular flexibility index (Phi) is 4.47. The summed E-state index contributed by atoms with van der Waals surface area (Å²) in [7, 11) is 0. The normalized spacial score (nSPS) is 12.2. The molecular formula is C15H17FN2O. The Bertz CT molecular complexity index is 545. The Morgan fingerprint density at radius 2 is 2.16 bits per heavy atom. The first-order valence-corrected chi connectivity index (χ1v) is 6.27. The number of pyridine rings is 1. The molecule has 19 heavy (non-hydrogen) atoms. The summed E-state index contributed by atoms with van der Waals surface area (Å²) in [6.45, 7) is 2.50. The predicted molar refractivity (Wildman–Crippen MR) is 72.4 cm³/mol. The molecule has 1 aromatic carbocycles. The molecule has 1 aromatic heterocycles. The SMILES string of the molecule is CCOc1cncc(C(N)Cc2cccc(F)c2)c1. The highest BCUT2D eigenvalue weighted by atomic mass is 19.1. The van der Waals surface area contributed by atoms with Crippen molar-refractivity contribution >= 4 is 0 Å². The van der Waals surface area contributed by atoms with Gasteiger partial charge in [-0.2, -0.15) is 0 Å². The van der Waals surface area contributed by atoms with Crippen LogP contribution in [0.15, 0.2) is 42.7 Å². The number of hydrogen-bond acceptors (Lipinski definition) is 3. The number of nitrogens with two attached hydrogens (primary N) is 1. The van der Waals surface area contributed by atoms with E-state index < -0.39 is 0 Å². The second-order valence-corrected chi connectivity index (χ2v) is 4.33. The summed E-state index contributed by atoms with van der Waals surface area (Å²) < 4.78 is 18.5. The molecule has 3 nitrogen and oxygen atoms in total. The van der Waals surface area contributed by atoms with Crippen LogP contribution in [-0.2, 0) is 6.42 Å². The Hall–Kier alpha value is -1.94. The lowest BCUT2D eigenvalue weighted by Crippen LogP contribution is -2.14. The van der Waals surface area contributed by atoms with E-state index in [0.717, 1.165) is 11.1 Å². The van der Waals surface area contributed by atoms with Crippen LogP contribution >= 0.6 is 0 Å². The molecule has 0 aliphatic rings. The van der Waals surface area contributed by atoms with Crippen molar-refractivity contribution < 1.29 is 9.13 Å². The molecule has 0 fully saturated rings. The topological polar surface area (TPSA) is 48.1 Å². The van der Waals surface area contributed by atoms with E-state index in [-0.39, 0.29) is 11.9 Å². The van der Waals surface area contributed by atoms with Gasteiger partial charge in [0.2, 0.25) is 0 Å². The zero-order valence-electron chi connectivity index (χ0n) is 10.8. The molecule has 0 aliphatic carbocycles. The van der Waals surface area contributed by atoms with Crippen molar-refractivity contribution in [2.45, 2.75) is 19.4 Å². The summed E-state index contributed by atoms with van der Waals surface area (Å²) in [5, 5.41) is 0. The largest absolute Gasteiger partial charge is 0.492 e. The van der Waals surface area contributed by atoms with E-state index in [9.17, 15) is 4.39 Å². The highest BCUT2D eigenvalue weighted by Gasteiger charge is 2.09. The standard InChI is InChI=1S/C15H17FN2O/c1-2-19-14-8-12(9-18-10-14)15(17)7-11-4-3-5-13(16)6-11/h3-6,8-10,15H,2,7,17H2,1H3. The number of nitrogens with zero attached hydrogens (tertiary/aromatic N) is 1. The van der Waals surface area contributed by atoms with Crippen molar-refractivity contribution in [1.29, 1.82) is 0 Å². The summed E-state index contributed by atoms with van der Waals surface area (Å²) >= 11 is 0. The number of benzene rings is 1. The molecule has 0 amide bonds. The van der Waals surface area contributed by atoms with Gasteiger partial charge in [0.05, 0.1) is 12.8 Å². The highest BCUT2D eigenvalue weighted by molar-refractivity contribution is 5.28. The van der Waals surface area contributed by atoms with Crippen molar-refractivity contribution in [1.82, 2.24) is 4.98 Å². The van der Waals surface area contributed by atoms with E-state index in [1.807, 2.05) is 19.1 Å². The molecule has 0 spiro atoms. The summed E-state index contributed by atoms with van der Waals surface area (Å²) in [5.41, 5.74) is 7.88. The molecule has 0 aliphatic heterocycles. The fourth-order valence-corrected chi connectivity index (χ4v) is 1.92. The third-order valence-corrected chi connectivity index (χ3v) is 2.82. The maximum atomic E-state index is 13.1. The van der Waals surface area contributed by atoms with Gasteiger partial charge in [0.15, 0.2) is 0 Å². The lowest BCUT2D eigenvalue weighted by atomic mass is 10.0. The van der Waals surface area contributed by atoms with Gasteiger partial charge in [-0.3, -0.25) is 4.98 Å². The van der Waals surface area contributed by atoms with E-state index in [1.54, 1.807) is 18.5 Å². The number of hydrogen-bond donors (Lipinski definition) is 1. The number of halogens is 1. The van der Waals surface area contributed by atoms with Gasteiger partial charge in [-0.05, 0) is 42.7 Å². The van der Waals surface area contributed by atoms with Crippen LogP contribution in [0.25, 0.3) is 0 Å². The van der Waals surface area contributed by atoms with Crippen LogP contribution in [0.4, 0.5) is 4.39 Å². The summed E-state index contributed by atoms with van der Waals surface area (Å²) in [6, 6.07) is 8.12. The molecule has 2 aromatic rings. The molecule has 1 heterocycles. The summed E-state index contributed by atoms with van der Waals surface area (Å²) in [6.07, 6.45) is 3.93. The molecule has 0 bridgehead atoms. The zero-order chi connectivity index (χ0) is 13.7. The van der Waals surface area contributed by atoms with Crippen molar-refractivity contribution in [2.75, 3.05) is 6.61 Å². The van der Waals surface area contributed by atoms with Crippen molar-refractivity contribution in [3.8, 4) is 5.75 Å².